The third kappa shape index (κ3) is 34.9. The van der Waals surface area contributed by atoms with E-state index in [2.05, 4.69) is 27.0 Å². The molecule has 9 heteroatoms. The Balaban J connectivity index is -0.000000108. The molecule has 0 aliphatic rings. The van der Waals surface area contributed by atoms with Gasteiger partial charge in [-0.25, -0.2) is 9.59 Å². The molecule has 0 saturated carbocycles. The van der Waals surface area contributed by atoms with Crippen molar-refractivity contribution in [2.24, 2.45) is 11.8 Å². The van der Waals surface area contributed by atoms with Crippen LogP contribution in [-0.4, -0.2) is 57.1 Å². The van der Waals surface area contributed by atoms with Crippen molar-refractivity contribution < 1.29 is 39.6 Å². The first-order chi connectivity index (χ1) is 14.7. The Morgan fingerprint density at radius 3 is 1.00 bits per heavy atom. The molecule has 0 aromatic heterocycles. The van der Waals surface area contributed by atoms with Crippen LogP contribution in [0, 0.1) is 11.8 Å². The van der Waals surface area contributed by atoms with E-state index in [9.17, 15) is 29.4 Å². The van der Waals surface area contributed by atoms with Crippen LogP contribution in [0.4, 0.5) is 0 Å². The molecule has 0 aromatic carbocycles. The van der Waals surface area contributed by atoms with Gasteiger partial charge in [0.15, 0.2) is 0 Å². The molecule has 2 N–H and O–H groups in total. The molecule has 33 heavy (non-hydrogen) atoms. The minimum absolute atomic E-state index is 0. The molecule has 2 unspecified atom stereocenters. The van der Waals surface area contributed by atoms with Gasteiger partial charge in [-0.3, -0.25) is 0 Å². The molecule has 188 valence electrons. The number of carbonyl (C=O) groups is 4. The monoisotopic (exact) mass is 482 g/mol. The molecule has 0 rings (SSSR count). The Labute approximate surface area is 215 Å². The largest absolute Gasteiger partial charge is 2.00 e. The van der Waals surface area contributed by atoms with E-state index < -0.39 is 23.9 Å². The fourth-order valence-electron chi connectivity index (χ4n) is 1.88. The maximum atomic E-state index is 10.3. The summed E-state index contributed by atoms with van der Waals surface area (Å²) in [6.07, 6.45) is 7.04. The summed E-state index contributed by atoms with van der Waals surface area (Å²) in [6, 6.07) is 0. The van der Waals surface area contributed by atoms with E-state index in [4.69, 9.17) is 10.2 Å². The molecular formula is C24H42MgO8. The maximum Gasteiger partial charge on any atom is 2.00 e. The van der Waals surface area contributed by atoms with Crippen LogP contribution in [-0.2, 0) is 19.2 Å². The van der Waals surface area contributed by atoms with Crippen molar-refractivity contribution in [3.8, 4) is 0 Å². The molecule has 8 nitrogen and oxygen atoms in total. The van der Waals surface area contributed by atoms with Crippen molar-refractivity contribution in [1.29, 1.82) is 0 Å². The zero-order valence-electron chi connectivity index (χ0n) is 21.3. The topological polar surface area (TPSA) is 155 Å². The minimum atomic E-state index is -0.935. The summed E-state index contributed by atoms with van der Waals surface area (Å²) in [4.78, 5) is 39.8. The second kappa shape index (κ2) is 28.2. The zero-order valence-corrected chi connectivity index (χ0v) is 22.7. The van der Waals surface area contributed by atoms with E-state index in [0.717, 1.165) is 38.5 Å². The summed E-state index contributed by atoms with van der Waals surface area (Å²) in [7, 11) is 0. The molecule has 0 fully saturated rings. The van der Waals surface area contributed by atoms with Crippen LogP contribution in [0.1, 0.15) is 92.9 Å². The average Bonchev–Trinajstić information content (AvgIpc) is 2.70. The van der Waals surface area contributed by atoms with E-state index in [1.54, 1.807) is 0 Å². The number of carbonyl (C=O) groups excluding carboxylic acids is 2. The first-order valence-corrected chi connectivity index (χ1v) is 10.9. The number of carboxylic acid groups (broad SMARTS) is 4. The van der Waals surface area contributed by atoms with Gasteiger partial charge in [-0.05, 0) is 51.4 Å². The van der Waals surface area contributed by atoms with Crippen LogP contribution in [0.2, 0.25) is 0 Å². The Kier molecular flexibility index (Phi) is 35.3. The van der Waals surface area contributed by atoms with Crippen LogP contribution in [0.25, 0.3) is 0 Å². The Bertz CT molecular complexity index is 499. The summed E-state index contributed by atoms with van der Waals surface area (Å²) in [5, 5.41) is 36.4. The standard InChI is InChI=1S/2C8H16O2.2C4H6O2.Mg/c2*1-3-5-6-7(4-2)8(9)10;2*1-3(2)4(5)6;/h2*7H,3-6H2,1-2H3,(H,9,10);2*1H2,2H3,(H,5,6);/q;;;;+2/p-2. The van der Waals surface area contributed by atoms with Crippen LogP contribution < -0.4 is 10.2 Å². The summed E-state index contributed by atoms with van der Waals surface area (Å²) in [5.41, 5.74) is 0.352. The van der Waals surface area contributed by atoms with Gasteiger partial charge in [-0.2, -0.15) is 0 Å². The van der Waals surface area contributed by atoms with Gasteiger partial charge in [-0.15, -0.1) is 0 Å². The fourth-order valence-corrected chi connectivity index (χ4v) is 1.88. The second-order valence-electron chi connectivity index (χ2n) is 7.30. The number of aliphatic carboxylic acids is 4. The Morgan fingerprint density at radius 1 is 0.697 bits per heavy atom. The number of unbranched alkanes of at least 4 members (excludes halogenated alkanes) is 2. The summed E-state index contributed by atoms with van der Waals surface area (Å²) < 4.78 is 0. The summed E-state index contributed by atoms with van der Waals surface area (Å²) in [6.45, 7) is 17.1. The van der Waals surface area contributed by atoms with Crippen LogP contribution >= 0.6 is 0 Å². The van der Waals surface area contributed by atoms with Gasteiger partial charge < -0.3 is 30.0 Å². The first kappa shape index (κ1) is 41.4. The van der Waals surface area contributed by atoms with Crippen LogP contribution in [0.15, 0.2) is 24.3 Å². The Morgan fingerprint density at radius 2 is 0.909 bits per heavy atom. The third-order valence-electron chi connectivity index (χ3n) is 4.19. The minimum Gasteiger partial charge on any atom is -0.550 e. The predicted molar refractivity (Wildman–Crippen MR) is 127 cm³/mol. The number of carboxylic acids is 4. The van der Waals surface area contributed by atoms with E-state index in [0.29, 0.717) is 12.8 Å². The van der Waals surface area contributed by atoms with Crippen molar-refractivity contribution in [3.63, 3.8) is 0 Å². The van der Waals surface area contributed by atoms with Gasteiger partial charge in [0.1, 0.15) is 0 Å². The molecule has 0 aromatic rings. The number of hydrogen-bond donors (Lipinski definition) is 2. The average molecular weight is 483 g/mol. The molecule has 0 heterocycles. The molecule has 0 amide bonds. The normalized spacial score (nSPS) is 10.6. The molecule has 2 atom stereocenters. The molecule has 0 saturated heterocycles. The van der Waals surface area contributed by atoms with Gasteiger partial charge in [-0.1, -0.05) is 66.5 Å². The maximum absolute atomic E-state index is 10.3. The van der Waals surface area contributed by atoms with Crippen molar-refractivity contribution in [2.45, 2.75) is 92.9 Å². The zero-order chi connectivity index (χ0) is 26.3. The van der Waals surface area contributed by atoms with Gasteiger partial charge >= 0.3 is 35.0 Å². The fraction of sp³-hybridized carbons (Fsp3) is 0.667. The molecule has 0 bridgehead atoms. The second-order valence-corrected chi connectivity index (χ2v) is 7.30. The van der Waals surface area contributed by atoms with Crippen LogP contribution in [0.3, 0.4) is 0 Å². The Hall–Kier alpha value is -1.87. The molecule has 0 aliphatic carbocycles. The van der Waals surface area contributed by atoms with Crippen molar-refractivity contribution in [2.75, 3.05) is 0 Å². The van der Waals surface area contributed by atoms with Gasteiger partial charge in [0.2, 0.25) is 0 Å². The molecular weight excluding hydrogens is 441 g/mol. The third-order valence-corrected chi connectivity index (χ3v) is 4.19. The SMILES string of the molecule is C=C(C)C(=O)O.C=C(C)C(=O)O.CCCCC(CC)C(=O)[O-].CCCCC(CC)C(=O)[O-].[Mg+2]. The van der Waals surface area contributed by atoms with E-state index in [1.807, 2.05) is 13.8 Å². The number of hydrogen-bond acceptors (Lipinski definition) is 6. The van der Waals surface area contributed by atoms with E-state index in [1.165, 1.54) is 13.8 Å². The summed E-state index contributed by atoms with van der Waals surface area (Å²) >= 11 is 0. The van der Waals surface area contributed by atoms with E-state index in [-0.39, 0.29) is 46.0 Å². The van der Waals surface area contributed by atoms with Gasteiger partial charge in [0.05, 0.1) is 0 Å². The molecule has 0 spiro atoms. The molecule has 0 aliphatic heterocycles. The van der Waals surface area contributed by atoms with Crippen molar-refractivity contribution in [1.82, 2.24) is 0 Å². The molecule has 0 radical (unpaired) electrons. The number of rotatable bonds is 12. The summed E-state index contributed by atoms with van der Waals surface area (Å²) in [5.74, 6) is -4.10. The smallest absolute Gasteiger partial charge is 0.550 e. The first-order valence-electron chi connectivity index (χ1n) is 10.9. The van der Waals surface area contributed by atoms with Crippen LogP contribution in [0.5, 0.6) is 0 Å². The van der Waals surface area contributed by atoms with Gasteiger partial charge in [0, 0.05) is 23.1 Å². The van der Waals surface area contributed by atoms with Crippen molar-refractivity contribution in [3.05, 3.63) is 24.3 Å². The van der Waals surface area contributed by atoms with Gasteiger partial charge in [0.25, 0.3) is 0 Å². The predicted octanol–water partition coefficient (Wildman–Crippen LogP) is 2.82. The van der Waals surface area contributed by atoms with Crippen molar-refractivity contribution >= 4 is 46.9 Å². The van der Waals surface area contributed by atoms with E-state index >= 15 is 0 Å². The quantitative estimate of drug-likeness (QED) is 0.318.